The second-order valence-corrected chi connectivity index (χ2v) is 8.43. The molecule has 0 unspecified atom stereocenters. The SMILES string of the molecule is CCCC[C@@H]1CN2CC(C)(C)c3cc(OC)c(OC)cc3[C@H]2C[C@@H]1N. The first kappa shape index (κ1) is 18.5. The normalized spacial score (nSPS) is 28.2. The van der Waals surface area contributed by atoms with Gasteiger partial charge in [0.15, 0.2) is 11.5 Å². The third kappa shape index (κ3) is 3.39. The second kappa shape index (κ2) is 7.16. The summed E-state index contributed by atoms with van der Waals surface area (Å²) in [5.74, 6) is 2.26. The Hall–Kier alpha value is -1.26. The summed E-state index contributed by atoms with van der Waals surface area (Å²) in [5, 5.41) is 0. The van der Waals surface area contributed by atoms with E-state index in [1.807, 2.05) is 0 Å². The van der Waals surface area contributed by atoms with E-state index >= 15 is 0 Å². The van der Waals surface area contributed by atoms with Gasteiger partial charge in [0.2, 0.25) is 0 Å². The van der Waals surface area contributed by atoms with E-state index in [0.717, 1.165) is 31.0 Å². The maximum absolute atomic E-state index is 6.60. The van der Waals surface area contributed by atoms with Crippen LogP contribution in [0.4, 0.5) is 0 Å². The maximum Gasteiger partial charge on any atom is 0.161 e. The Morgan fingerprint density at radius 3 is 2.52 bits per heavy atom. The first-order valence-corrected chi connectivity index (χ1v) is 9.67. The fourth-order valence-corrected chi connectivity index (χ4v) is 4.78. The number of unbranched alkanes of at least 4 members (excludes halogenated alkanes) is 1. The standard InChI is InChI=1S/C21H34N2O2/c1-6-7-8-14-12-23-13-21(2,3)16-10-20(25-5)19(24-4)9-15(16)18(23)11-17(14)22/h9-10,14,17-18H,6-8,11-13,22H2,1-5H3/t14-,17+,18-/m1/s1. The summed E-state index contributed by atoms with van der Waals surface area (Å²) in [6.07, 6.45) is 4.81. The number of benzene rings is 1. The molecule has 3 rings (SSSR count). The molecule has 0 saturated carbocycles. The predicted octanol–water partition coefficient (Wildman–Crippen LogP) is 3.88. The molecule has 3 atom stereocenters. The van der Waals surface area contributed by atoms with Gasteiger partial charge in [-0.05, 0) is 42.0 Å². The number of hydrogen-bond donors (Lipinski definition) is 1. The van der Waals surface area contributed by atoms with Gasteiger partial charge < -0.3 is 15.2 Å². The second-order valence-electron chi connectivity index (χ2n) is 8.43. The lowest BCUT2D eigenvalue weighted by atomic mass is 9.71. The highest BCUT2D eigenvalue weighted by Gasteiger charge is 2.43. The molecule has 0 aliphatic carbocycles. The Morgan fingerprint density at radius 1 is 1.20 bits per heavy atom. The van der Waals surface area contributed by atoms with E-state index in [0.29, 0.717) is 12.0 Å². The zero-order chi connectivity index (χ0) is 18.2. The number of nitrogens with zero attached hydrogens (tertiary/aromatic N) is 1. The van der Waals surface area contributed by atoms with E-state index in [1.54, 1.807) is 14.2 Å². The molecule has 25 heavy (non-hydrogen) atoms. The molecule has 2 heterocycles. The highest BCUT2D eigenvalue weighted by Crippen LogP contribution is 2.48. The van der Waals surface area contributed by atoms with Crippen molar-refractivity contribution in [2.75, 3.05) is 27.3 Å². The van der Waals surface area contributed by atoms with Crippen LogP contribution in [-0.2, 0) is 5.41 Å². The van der Waals surface area contributed by atoms with E-state index in [9.17, 15) is 0 Å². The lowest BCUT2D eigenvalue weighted by molar-refractivity contribution is 0.0540. The summed E-state index contributed by atoms with van der Waals surface area (Å²) in [5.41, 5.74) is 9.45. The zero-order valence-corrected chi connectivity index (χ0v) is 16.5. The molecule has 140 valence electrons. The van der Waals surface area contributed by atoms with Crippen LogP contribution in [0.15, 0.2) is 12.1 Å². The van der Waals surface area contributed by atoms with E-state index in [4.69, 9.17) is 15.2 Å². The van der Waals surface area contributed by atoms with Crippen LogP contribution in [-0.4, -0.2) is 38.3 Å². The third-order valence-corrected chi connectivity index (χ3v) is 6.18. The van der Waals surface area contributed by atoms with Gasteiger partial charge in [0, 0.05) is 30.6 Å². The lowest BCUT2D eigenvalue weighted by Crippen LogP contribution is -2.54. The predicted molar refractivity (Wildman–Crippen MR) is 102 cm³/mol. The molecule has 1 aromatic carbocycles. The molecule has 2 aliphatic heterocycles. The lowest BCUT2D eigenvalue weighted by Gasteiger charge is -2.51. The monoisotopic (exact) mass is 346 g/mol. The van der Waals surface area contributed by atoms with Gasteiger partial charge in [-0.1, -0.05) is 33.6 Å². The Bertz CT molecular complexity index is 614. The largest absolute Gasteiger partial charge is 0.493 e. The Labute approximate surface area is 152 Å². The summed E-state index contributed by atoms with van der Waals surface area (Å²) in [6, 6.07) is 5.05. The molecule has 1 saturated heterocycles. The van der Waals surface area contributed by atoms with Crippen LogP contribution in [0.5, 0.6) is 11.5 Å². The molecule has 0 radical (unpaired) electrons. The average molecular weight is 347 g/mol. The molecule has 0 spiro atoms. The molecule has 2 N–H and O–H groups in total. The summed E-state index contributed by atoms with van der Waals surface area (Å²) < 4.78 is 11.1. The minimum atomic E-state index is 0.0993. The minimum absolute atomic E-state index is 0.0993. The molecule has 2 aliphatic rings. The van der Waals surface area contributed by atoms with Crippen molar-refractivity contribution >= 4 is 0 Å². The van der Waals surface area contributed by atoms with Gasteiger partial charge in [-0.2, -0.15) is 0 Å². The number of ether oxygens (including phenoxy) is 2. The first-order chi connectivity index (χ1) is 11.9. The van der Waals surface area contributed by atoms with Gasteiger partial charge in [-0.25, -0.2) is 0 Å². The summed E-state index contributed by atoms with van der Waals surface area (Å²) in [4.78, 5) is 2.66. The van der Waals surface area contributed by atoms with Crippen molar-refractivity contribution in [1.82, 2.24) is 4.90 Å². The van der Waals surface area contributed by atoms with Gasteiger partial charge >= 0.3 is 0 Å². The topological polar surface area (TPSA) is 47.7 Å². The van der Waals surface area contributed by atoms with Crippen molar-refractivity contribution in [3.8, 4) is 11.5 Å². The fraction of sp³-hybridized carbons (Fsp3) is 0.714. The molecule has 1 aromatic rings. The first-order valence-electron chi connectivity index (χ1n) is 9.67. The van der Waals surface area contributed by atoms with Crippen molar-refractivity contribution in [1.29, 1.82) is 0 Å². The maximum atomic E-state index is 6.60. The molecular weight excluding hydrogens is 312 g/mol. The Kier molecular flexibility index (Phi) is 5.31. The smallest absolute Gasteiger partial charge is 0.161 e. The average Bonchev–Trinajstić information content (AvgIpc) is 2.59. The molecule has 1 fully saturated rings. The fourth-order valence-electron chi connectivity index (χ4n) is 4.78. The molecular formula is C21H34N2O2. The minimum Gasteiger partial charge on any atom is -0.493 e. The highest BCUT2D eigenvalue weighted by molar-refractivity contribution is 5.52. The molecule has 0 bridgehead atoms. The summed E-state index contributed by atoms with van der Waals surface area (Å²) >= 11 is 0. The Balaban J connectivity index is 1.96. The number of methoxy groups -OCH3 is 2. The summed E-state index contributed by atoms with van der Waals surface area (Å²) in [7, 11) is 3.42. The van der Waals surface area contributed by atoms with Crippen LogP contribution in [0.1, 0.15) is 63.6 Å². The Morgan fingerprint density at radius 2 is 1.88 bits per heavy atom. The zero-order valence-electron chi connectivity index (χ0n) is 16.5. The molecule has 0 aromatic heterocycles. The van der Waals surface area contributed by atoms with Crippen LogP contribution < -0.4 is 15.2 Å². The van der Waals surface area contributed by atoms with Crippen LogP contribution in [0.25, 0.3) is 0 Å². The van der Waals surface area contributed by atoms with Gasteiger partial charge in [-0.3, -0.25) is 4.90 Å². The van der Waals surface area contributed by atoms with E-state index < -0.39 is 0 Å². The quantitative estimate of drug-likeness (QED) is 0.879. The van der Waals surface area contributed by atoms with E-state index in [1.165, 1.54) is 30.4 Å². The van der Waals surface area contributed by atoms with Gasteiger partial charge in [-0.15, -0.1) is 0 Å². The van der Waals surface area contributed by atoms with E-state index in [-0.39, 0.29) is 11.5 Å². The van der Waals surface area contributed by atoms with Gasteiger partial charge in [0.1, 0.15) is 0 Å². The van der Waals surface area contributed by atoms with Crippen molar-refractivity contribution < 1.29 is 9.47 Å². The number of nitrogens with two attached hydrogens (primary N) is 1. The van der Waals surface area contributed by atoms with Crippen LogP contribution in [0, 0.1) is 5.92 Å². The third-order valence-electron chi connectivity index (χ3n) is 6.18. The molecule has 4 heteroatoms. The molecule has 4 nitrogen and oxygen atoms in total. The van der Waals surface area contributed by atoms with Crippen molar-refractivity contribution in [3.63, 3.8) is 0 Å². The van der Waals surface area contributed by atoms with E-state index in [2.05, 4.69) is 37.8 Å². The highest BCUT2D eigenvalue weighted by atomic mass is 16.5. The number of piperidine rings is 1. The number of hydrogen-bond acceptors (Lipinski definition) is 4. The van der Waals surface area contributed by atoms with Crippen LogP contribution in [0.2, 0.25) is 0 Å². The van der Waals surface area contributed by atoms with Crippen LogP contribution in [0.3, 0.4) is 0 Å². The van der Waals surface area contributed by atoms with Crippen molar-refractivity contribution in [2.45, 2.75) is 64.0 Å². The van der Waals surface area contributed by atoms with Crippen molar-refractivity contribution in [2.24, 2.45) is 11.7 Å². The van der Waals surface area contributed by atoms with Gasteiger partial charge in [0.25, 0.3) is 0 Å². The number of fused-ring (bicyclic) bond motifs is 3. The number of rotatable bonds is 5. The van der Waals surface area contributed by atoms with Crippen molar-refractivity contribution in [3.05, 3.63) is 23.3 Å². The van der Waals surface area contributed by atoms with Crippen LogP contribution >= 0.6 is 0 Å². The summed E-state index contributed by atoms with van der Waals surface area (Å²) in [6.45, 7) is 9.13. The van der Waals surface area contributed by atoms with Gasteiger partial charge in [0.05, 0.1) is 14.2 Å². The molecule has 0 amide bonds.